The van der Waals surface area contributed by atoms with Crippen molar-refractivity contribution in [1.29, 1.82) is 0 Å². The molecule has 0 spiro atoms. The number of hydrogen-bond acceptors (Lipinski definition) is 5. The lowest BCUT2D eigenvalue weighted by molar-refractivity contribution is -0.141. The topological polar surface area (TPSA) is 124 Å². The van der Waals surface area contributed by atoms with E-state index in [1.807, 2.05) is 0 Å². The van der Waals surface area contributed by atoms with Gasteiger partial charge < -0.3 is 15.1 Å². The molecule has 2 rings (SSSR count). The SMILES string of the molecule is O=C(O)[C@@H]1CC(O)CN1C(=O)c1ccc(=O)[nH]n1. The van der Waals surface area contributed by atoms with Crippen LogP contribution in [-0.4, -0.2) is 55.9 Å². The number of H-pyrrole nitrogens is 1. The van der Waals surface area contributed by atoms with Gasteiger partial charge in [0.15, 0.2) is 0 Å². The van der Waals surface area contributed by atoms with Crippen molar-refractivity contribution in [1.82, 2.24) is 15.1 Å². The Morgan fingerprint density at radius 1 is 1.44 bits per heavy atom. The van der Waals surface area contributed by atoms with Crippen LogP contribution in [0.5, 0.6) is 0 Å². The molecule has 3 N–H and O–H groups in total. The van der Waals surface area contributed by atoms with E-state index in [9.17, 15) is 19.5 Å². The van der Waals surface area contributed by atoms with Gasteiger partial charge in [0.2, 0.25) is 0 Å². The number of aliphatic hydroxyl groups excluding tert-OH is 1. The van der Waals surface area contributed by atoms with Crippen molar-refractivity contribution < 1.29 is 19.8 Å². The largest absolute Gasteiger partial charge is 0.480 e. The summed E-state index contributed by atoms with van der Waals surface area (Å²) in [5, 5.41) is 24.0. The van der Waals surface area contributed by atoms with E-state index < -0.39 is 29.6 Å². The van der Waals surface area contributed by atoms with E-state index in [2.05, 4.69) is 10.2 Å². The van der Waals surface area contributed by atoms with Crippen LogP contribution in [0.15, 0.2) is 16.9 Å². The number of nitrogens with zero attached hydrogens (tertiary/aromatic N) is 2. The Balaban J connectivity index is 2.25. The molecule has 1 aliphatic rings. The van der Waals surface area contributed by atoms with E-state index in [1.165, 1.54) is 6.07 Å². The average molecular weight is 253 g/mol. The van der Waals surface area contributed by atoms with Gasteiger partial charge in [-0.3, -0.25) is 9.59 Å². The smallest absolute Gasteiger partial charge is 0.326 e. The number of aliphatic hydroxyl groups is 1. The minimum absolute atomic E-state index is 0.00950. The third-order valence-electron chi connectivity index (χ3n) is 2.72. The molecule has 0 aromatic carbocycles. The van der Waals surface area contributed by atoms with Crippen LogP contribution in [0.2, 0.25) is 0 Å². The van der Waals surface area contributed by atoms with E-state index >= 15 is 0 Å². The quantitative estimate of drug-likeness (QED) is 0.585. The first-order chi connectivity index (χ1) is 8.49. The molecule has 1 fully saturated rings. The number of carbonyl (C=O) groups excluding carboxylic acids is 1. The van der Waals surface area contributed by atoms with E-state index in [1.54, 1.807) is 0 Å². The number of carbonyl (C=O) groups is 2. The molecule has 8 nitrogen and oxygen atoms in total. The fourth-order valence-corrected chi connectivity index (χ4v) is 1.88. The summed E-state index contributed by atoms with van der Waals surface area (Å²) in [6, 6.07) is 1.27. The lowest BCUT2D eigenvalue weighted by Gasteiger charge is -2.20. The van der Waals surface area contributed by atoms with Crippen molar-refractivity contribution >= 4 is 11.9 Å². The van der Waals surface area contributed by atoms with Gasteiger partial charge in [-0.2, -0.15) is 5.10 Å². The number of rotatable bonds is 2. The van der Waals surface area contributed by atoms with Gasteiger partial charge >= 0.3 is 5.97 Å². The van der Waals surface area contributed by atoms with Crippen LogP contribution < -0.4 is 5.56 Å². The Bertz CT molecular complexity index is 520. The molecule has 2 atom stereocenters. The molecule has 0 radical (unpaired) electrons. The number of aliphatic carboxylic acids is 1. The molecule has 1 aromatic rings. The van der Waals surface area contributed by atoms with Crippen molar-refractivity contribution in [3.8, 4) is 0 Å². The first-order valence-electron chi connectivity index (χ1n) is 5.26. The van der Waals surface area contributed by atoms with E-state index in [0.717, 1.165) is 11.0 Å². The zero-order valence-corrected chi connectivity index (χ0v) is 9.24. The number of likely N-dealkylation sites (tertiary alicyclic amines) is 1. The molecule has 0 aliphatic carbocycles. The van der Waals surface area contributed by atoms with Gasteiger partial charge in [0.1, 0.15) is 11.7 Å². The molecule has 1 aromatic heterocycles. The molecule has 96 valence electrons. The molecular formula is C10H11N3O5. The first-order valence-corrected chi connectivity index (χ1v) is 5.26. The zero-order chi connectivity index (χ0) is 13.3. The van der Waals surface area contributed by atoms with Gasteiger partial charge in [0.05, 0.1) is 6.10 Å². The summed E-state index contributed by atoms with van der Waals surface area (Å²) in [5.41, 5.74) is -0.516. The predicted molar refractivity (Wildman–Crippen MR) is 57.9 cm³/mol. The minimum Gasteiger partial charge on any atom is -0.480 e. The second-order valence-electron chi connectivity index (χ2n) is 4.01. The molecule has 0 bridgehead atoms. The highest BCUT2D eigenvalue weighted by atomic mass is 16.4. The number of aromatic amines is 1. The van der Waals surface area contributed by atoms with Crippen molar-refractivity contribution in [2.24, 2.45) is 0 Å². The molecule has 1 saturated heterocycles. The molecule has 1 amide bonds. The molecule has 8 heteroatoms. The predicted octanol–water partition coefficient (Wildman–Crippen LogP) is -1.57. The monoisotopic (exact) mass is 253 g/mol. The van der Waals surface area contributed by atoms with Crippen LogP contribution in [-0.2, 0) is 4.79 Å². The van der Waals surface area contributed by atoms with Crippen LogP contribution in [0.4, 0.5) is 0 Å². The third-order valence-corrected chi connectivity index (χ3v) is 2.72. The lowest BCUT2D eigenvalue weighted by atomic mass is 10.2. The van der Waals surface area contributed by atoms with Crippen LogP contribution in [0.3, 0.4) is 0 Å². The Kier molecular flexibility index (Phi) is 3.11. The number of amides is 1. The maximum absolute atomic E-state index is 12.0. The summed E-state index contributed by atoms with van der Waals surface area (Å²) in [7, 11) is 0. The number of carboxylic acids is 1. The molecule has 1 unspecified atom stereocenters. The summed E-state index contributed by atoms with van der Waals surface area (Å²) >= 11 is 0. The van der Waals surface area contributed by atoms with E-state index in [0.29, 0.717) is 0 Å². The van der Waals surface area contributed by atoms with Gasteiger partial charge in [-0.15, -0.1) is 0 Å². The first kappa shape index (κ1) is 12.2. The van der Waals surface area contributed by atoms with Crippen molar-refractivity contribution in [2.75, 3.05) is 6.54 Å². The van der Waals surface area contributed by atoms with E-state index in [-0.39, 0.29) is 18.7 Å². The summed E-state index contributed by atoms with van der Waals surface area (Å²) < 4.78 is 0. The van der Waals surface area contributed by atoms with Crippen LogP contribution in [0, 0.1) is 0 Å². The second-order valence-corrected chi connectivity index (χ2v) is 4.01. The van der Waals surface area contributed by atoms with Crippen LogP contribution in [0.1, 0.15) is 16.9 Å². The van der Waals surface area contributed by atoms with Crippen LogP contribution in [0.25, 0.3) is 0 Å². The summed E-state index contributed by atoms with van der Waals surface area (Å²) in [6.45, 7) is -0.0589. The maximum Gasteiger partial charge on any atom is 0.326 e. The minimum atomic E-state index is -1.18. The third kappa shape index (κ3) is 2.23. The van der Waals surface area contributed by atoms with Crippen molar-refractivity contribution in [3.63, 3.8) is 0 Å². The zero-order valence-electron chi connectivity index (χ0n) is 9.24. The lowest BCUT2D eigenvalue weighted by Crippen LogP contribution is -2.41. The van der Waals surface area contributed by atoms with Gasteiger partial charge in [0.25, 0.3) is 11.5 Å². The molecule has 2 heterocycles. The van der Waals surface area contributed by atoms with Gasteiger partial charge in [-0.25, -0.2) is 9.89 Å². The van der Waals surface area contributed by atoms with Crippen LogP contribution >= 0.6 is 0 Å². The molecule has 0 saturated carbocycles. The normalized spacial score (nSPS) is 23.1. The van der Waals surface area contributed by atoms with Gasteiger partial charge in [-0.1, -0.05) is 0 Å². The fourth-order valence-electron chi connectivity index (χ4n) is 1.88. The summed E-state index contributed by atoms with van der Waals surface area (Å²) in [6.07, 6.45) is -0.873. The number of carboxylic acid groups (broad SMARTS) is 1. The molecule has 1 aliphatic heterocycles. The number of β-amino-alcohol motifs (C(OH)–C–C–N with tert-alkyl or cyclic N) is 1. The second kappa shape index (κ2) is 4.57. The van der Waals surface area contributed by atoms with Gasteiger partial charge in [-0.05, 0) is 6.07 Å². The fraction of sp³-hybridized carbons (Fsp3) is 0.400. The standard InChI is InChI=1S/C10H11N3O5/c14-5-3-7(10(17)18)13(4-5)9(16)6-1-2-8(15)12-11-6/h1-2,5,7,14H,3-4H2,(H,12,15)(H,17,18)/t5?,7-/m0/s1. The Hall–Kier alpha value is -2.22. The number of nitrogens with one attached hydrogen (secondary N) is 1. The van der Waals surface area contributed by atoms with Crippen molar-refractivity contribution in [2.45, 2.75) is 18.6 Å². The highest BCUT2D eigenvalue weighted by Crippen LogP contribution is 2.19. The van der Waals surface area contributed by atoms with Gasteiger partial charge in [0, 0.05) is 19.0 Å². The highest BCUT2D eigenvalue weighted by molar-refractivity contribution is 5.95. The average Bonchev–Trinajstić information content (AvgIpc) is 2.71. The molecule has 18 heavy (non-hydrogen) atoms. The Morgan fingerprint density at radius 3 is 2.72 bits per heavy atom. The van der Waals surface area contributed by atoms with Crippen molar-refractivity contribution in [3.05, 3.63) is 28.2 Å². The summed E-state index contributed by atoms with van der Waals surface area (Å²) in [5.74, 6) is -1.81. The number of hydrogen-bond donors (Lipinski definition) is 3. The number of aromatic nitrogens is 2. The Morgan fingerprint density at radius 2 is 2.17 bits per heavy atom. The highest BCUT2D eigenvalue weighted by Gasteiger charge is 2.39. The Labute approximate surface area is 101 Å². The summed E-state index contributed by atoms with van der Waals surface area (Å²) in [4.78, 5) is 34.8. The van der Waals surface area contributed by atoms with E-state index in [4.69, 9.17) is 5.11 Å². The molecular weight excluding hydrogens is 242 g/mol. The maximum atomic E-state index is 12.0.